The maximum absolute atomic E-state index is 5.55. The zero-order valence-electron chi connectivity index (χ0n) is 13.6. The number of imidazole rings is 1. The van der Waals surface area contributed by atoms with Crippen molar-refractivity contribution in [3.63, 3.8) is 0 Å². The molecule has 4 rings (SSSR count). The first-order chi connectivity index (χ1) is 12.3. The first-order valence-corrected chi connectivity index (χ1v) is 7.82. The first-order valence-electron chi connectivity index (χ1n) is 7.82. The van der Waals surface area contributed by atoms with Crippen LogP contribution in [0.15, 0.2) is 65.9 Å². The molecule has 124 valence electrons. The molecule has 7 heteroatoms. The molecule has 4 heterocycles. The summed E-state index contributed by atoms with van der Waals surface area (Å²) >= 11 is 0. The van der Waals surface area contributed by atoms with Gasteiger partial charge in [0, 0.05) is 44.6 Å². The predicted molar refractivity (Wildman–Crippen MR) is 93.5 cm³/mol. The molecule has 0 bridgehead atoms. The second-order valence-corrected chi connectivity index (χ2v) is 5.50. The molecule has 0 aromatic carbocycles. The number of aromatic nitrogens is 5. The Balaban J connectivity index is 1.69. The molecule has 0 aliphatic rings. The van der Waals surface area contributed by atoms with Crippen molar-refractivity contribution in [3.05, 3.63) is 67.1 Å². The van der Waals surface area contributed by atoms with Gasteiger partial charge in [-0.15, -0.1) is 0 Å². The van der Waals surface area contributed by atoms with Crippen molar-refractivity contribution in [1.29, 1.82) is 0 Å². The number of pyridine rings is 1. The third kappa shape index (κ3) is 3.12. The fourth-order valence-corrected chi connectivity index (χ4v) is 2.54. The van der Waals surface area contributed by atoms with Crippen LogP contribution in [0.1, 0.15) is 5.56 Å². The summed E-state index contributed by atoms with van der Waals surface area (Å²) in [6.45, 7) is 0.613. The van der Waals surface area contributed by atoms with Crippen LogP contribution in [0.4, 0.5) is 5.95 Å². The molecule has 0 aliphatic carbocycles. The highest BCUT2D eigenvalue weighted by Crippen LogP contribution is 2.29. The number of nitrogens with one attached hydrogen (secondary N) is 1. The molecule has 0 amide bonds. The average molecular weight is 332 g/mol. The van der Waals surface area contributed by atoms with Crippen LogP contribution in [-0.2, 0) is 13.6 Å². The van der Waals surface area contributed by atoms with Gasteiger partial charge in [0.2, 0.25) is 5.95 Å². The smallest absolute Gasteiger partial charge is 0.223 e. The molecule has 4 aromatic rings. The molecule has 0 radical (unpaired) electrons. The number of nitrogens with zero attached hydrogens (tertiary/aromatic N) is 5. The minimum absolute atomic E-state index is 0.529. The lowest BCUT2D eigenvalue weighted by atomic mass is 10.2. The molecule has 0 saturated heterocycles. The third-order valence-electron chi connectivity index (χ3n) is 3.81. The van der Waals surface area contributed by atoms with E-state index in [1.807, 2.05) is 42.1 Å². The van der Waals surface area contributed by atoms with Crippen molar-refractivity contribution in [2.24, 2.45) is 7.05 Å². The Morgan fingerprint density at radius 1 is 1.12 bits per heavy atom. The van der Waals surface area contributed by atoms with Crippen LogP contribution in [0.2, 0.25) is 0 Å². The minimum atomic E-state index is 0.529. The van der Waals surface area contributed by atoms with Crippen LogP contribution in [0, 0.1) is 0 Å². The number of anilines is 1. The lowest BCUT2D eigenvalue weighted by molar-refractivity contribution is 0.580. The number of rotatable bonds is 5. The van der Waals surface area contributed by atoms with Gasteiger partial charge in [0.1, 0.15) is 11.5 Å². The van der Waals surface area contributed by atoms with Gasteiger partial charge in [0.25, 0.3) is 0 Å². The zero-order valence-corrected chi connectivity index (χ0v) is 13.6. The van der Waals surface area contributed by atoms with E-state index in [1.165, 1.54) is 0 Å². The molecule has 7 nitrogen and oxygen atoms in total. The lowest BCUT2D eigenvalue weighted by Gasteiger charge is -2.10. The number of aryl methyl sites for hydroxylation is 1. The topological polar surface area (TPSA) is 81.7 Å². The Morgan fingerprint density at radius 3 is 2.72 bits per heavy atom. The van der Waals surface area contributed by atoms with Crippen LogP contribution in [0.25, 0.3) is 22.8 Å². The molecule has 0 fully saturated rings. The van der Waals surface area contributed by atoms with Crippen LogP contribution < -0.4 is 5.32 Å². The van der Waals surface area contributed by atoms with E-state index in [1.54, 1.807) is 31.1 Å². The second kappa shape index (κ2) is 6.56. The van der Waals surface area contributed by atoms with E-state index < -0.39 is 0 Å². The van der Waals surface area contributed by atoms with Crippen molar-refractivity contribution in [3.8, 4) is 22.8 Å². The largest absolute Gasteiger partial charge is 0.463 e. The molecule has 25 heavy (non-hydrogen) atoms. The van der Waals surface area contributed by atoms with E-state index in [4.69, 9.17) is 4.42 Å². The lowest BCUT2D eigenvalue weighted by Crippen LogP contribution is -2.05. The Hall–Kier alpha value is -3.48. The highest BCUT2D eigenvalue weighted by atomic mass is 16.3. The molecular formula is C18H16N6O. The van der Waals surface area contributed by atoms with Crippen molar-refractivity contribution >= 4 is 5.95 Å². The summed E-state index contributed by atoms with van der Waals surface area (Å²) in [6.07, 6.45) is 10.5. The van der Waals surface area contributed by atoms with Gasteiger partial charge in [0.15, 0.2) is 5.76 Å². The molecule has 0 atom stereocenters. The normalized spacial score (nSPS) is 10.8. The Kier molecular flexibility index (Phi) is 3.96. The first kappa shape index (κ1) is 15.1. The van der Waals surface area contributed by atoms with Crippen molar-refractivity contribution in [2.75, 3.05) is 5.32 Å². The van der Waals surface area contributed by atoms with Crippen molar-refractivity contribution < 1.29 is 4.42 Å². The summed E-state index contributed by atoms with van der Waals surface area (Å²) in [4.78, 5) is 17.5. The van der Waals surface area contributed by atoms with Crippen LogP contribution in [0.3, 0.4) is 0 Å². The van der Waals surface area contributed by atoms with Crippen molar-refractivity contribution in [2.45, 2.75) is 6.54 Å². The third-order valence-corrected chi connectivity index (χ3v) is 3.81. The summed E-state index contributed by atoms with van der Waals surface area (Å²) in [6, 6.07) is 7.61. The summed E-state index contributed by atoms with van der Waals surface area (Å²) < 4.78 is 7.48. The second-order valence-electron chi connectivity index (χ2n) is 5.50. The number of hydrogen-bond donors (Lipinski definition) is 1. The molecular weight excluding hydrogens is 316 g/mol. The molecule has 0 unspecified atom stereocenters. The standard InChI is InChI=1S/C18H16N6O/c1-24-9-8-20-17(24)14-12-22-18(21-11-13-4-6-19-7-5-13)23-16(14)15-3-2-10-25-15/h2-10,12H,11H2,1H3,(H,21,22,23). The summed E-state index contributed by atoms with van der Waals surface area (Å²) in [5.74, 6) is 1.99. The van der Waals surface area contributed by atoms with E-state index >= 15 is 0 Å². The van der Waals surface area contributed by atoms with Gasteiger partial charge in [-0.3, -0.25) is 4.98 Å². The number of furan rings is 1. The average Bonchev–Trinajstić information content (AvgIpc) is 3.32. The van der Waals surface area contributed by atoms with E-state index in [-0.39, 0.29) is 0 Å². The Labute approximate surface area is 144 Å². The minimum Gasteiger partial charge on any atom is -0.463 e. The molecule has 4 aromatic heterocycles. The van der Waals surface area contributed by atoms with E-state index in [0.717, 1.165) is 17.0 Å². The molecule has 0 aliphatic heterocycles. The molecule has 0 spiro atoms. The Morgan fingerprint density at radius 2 is 2.00 bits per heavy atom. The maximum atomic E-state index is 5.55. The fourth-order valence-electron chi connectivity index (χ4n) is 2.54. The highest BCUT2D eigenvalue weighted by molar-refractivity contribution is 5.75. The molecule has 1 N–H and O–H groups in total. The van der Waals surface area contributed by atoms with E-state index in [9.17, 15) is 0 Å². The summed E-state index contributed by atoms with van der Waals surface area (Å²) in [7, 11) is 1.93. The predicted octanol–water partition coefficient (Wildman–Crippen LogP) is 3.14. The van der Waals surface area contributed by atoms with Crippen LogP contribution in [-0.4, -0.2) is 24.5 Å². The van der Waals surface area contributed by atoms with Gasteiger partial charge < -0.3 is 14.3 Å². The quantitative estimate of drug-likeness (QED) is 0.604. The Bertz CT molecular complexity index is 962. The van der Waals surface area contributed by atoms with Crippen LogP contribution in [0.5, 0.6) is 0 Å². The van der Waals surface area contributed by atoms with Gasteiger partial charge in [-0.1, -0.05) is 0 Å². The maximum Gasteiger partial charge on any atom is 0.223 e. The van der Waals surface area contributed by atoms with E-state index in [0.29, 0.717) is 23.9 Å². The van der Waals surface area contributed by atoms with Crippen LogP contribution >= 0.6 is 0 Å². The highest BCUT2D eigenvalue weighted by Gasteiger charge is 2.16. The summed E-state index contributed by atoms with van der Waals surface area (Å²) in [5.41, 5.74) is 2.62. The van der Waals surface area contributed by atoms with Gasteiger partial charge >= 0.3 is 0 Å². The summed E-state index contributed by atoms with van der Waals surface area (Å²) in [5, 5.41) is 3.23. The van der Waals surface area contributed by atoms with Gasteiger partial charge in [-0.05, 0) is 29.8 Å². The number of hydrogen-bond acceptors (Lipinski definition) is 6. The monoisotopic (exact) mass is 332 g/mol. The van der Waals surface area contributed by atoms with Gasteiger partial charge in [-0.2, -0.15) is 0 Å². The van der Waals surface area contributed by atoms with Crippen molar-refractivity contribution in [1.82, 2.24) is 24.5 Å². The van der Waals surface area contributed by atoms with Gasteiger partial charge in [0.05, 0.1) is 11.8 Å². The molecule has 0 saturated carbocycles. The zero-order chi connectivity index (χ0) is 17.1. The SMILES string of the molecule is Cn1ccnc1-c1cnc(NCc2ccncc2)nc1-c1ccco1. The fraction of sp³-hybridized carbons (Fsp3) is 0.111. The van der Waals surface area contributed by atoms with E-state index in [2.05, 4.69) is 25.3 Å². The van der Waals surface area contributed by atoms with Gasteiger partial charge in [-0.25, -0.2) is 15.0 Å².